The van der Waals surface area contributed by atoms with Crippen LogP contribution in [0.4, 0.5) is 0 Å². The highest BCUT2D eigenvalue weighted by Gasteiger charge is 2.18. The second kappa shape index (κ2) is 10.2. The summed E-state index contributed by atoms with van der Waals surface area (Å²) in [5.41, 5.74) is 1.34. The molecule has 4 nitrogen and oxygen atoms in total. The number of nitrogens with zero attached hydrogens (tertiary/aromatic N) is 3. The van der Waals surface area contributed by atoms with Gasteiger partial charge in [-0.1, -0.05) is 0 Å². The summed E-state index contributed by atoms with van der Waals surface area (Å²) in [5.74, 6) is 0.975. The maximum Gasteiger partial charge on any atom is 0.194 e. The van der Waals surface area contributed by atoms with Crippen molar-refractivity contribution in [3.63, 3.8) is 0 Å². The van der Waals surface area contributed by atoms with E-state index in [0.717, 1.165) is 32.0 Å². The van der Waals surface area contributed by atoms with Crippen LogP contribution in [0, 0.1) is 0 Å². The predicted molar refractivity (Wildman–Crippen MR) is 119 cm³/mol. The molecule has 0 saturated carbocycles. The highest BCUT2D eigenvalue weighted by Crippen LogP contribution is 2.27. The number of aromatic nitrogens is 1. The molecule has 0 aliphatic heterocycles. The van der Waals surface area contributed by atoms with Crippen LogP contribution in [0.25, 0.3) is 0 Å². The van der Waals surface area contributed by atoms with Crippen molar-refractivity contribution in [2.24, 2.45) is 4.99 Å². The second-order valence-corrected chi connectivity index (χ2v) is 9.36. The van der Waals surface area contributed by atoms with Crippen molar-refractivity contribution in [2.75, 3.05) is 26.4 Å². The molecule has 0 unspecified atom stereocenters. The molecule has 0 aromatic carbocycles. The molecule has 1 aromatic rings. The number of fused-ring (bicyclic) bond motifs is 1. The zero-order chi connectivity index (χ0) is 16.9. The van der Waals surface area contributed by atoms with Crippen molar-refractivity contribution in [2.45, 2.75) is 57.7 Å². The highest BCUT2D eigenvalue weighted by atomic mass is 127. The molecule has 0 bridgehead atoms. The zero-order valence-electron chi connectivity index (χ0n) is 15.5. The lowest BCUT2D eigenvalue weighted by Crippen LogP contribution is -2.39. The van der Waals surface area contributed by atoms with Gasteiger partial charge in [0.1, 0.15) is 5.01 Å². The number of aryl methyl sites for hydroxylation is 2. The fraction of sp³-hybridized carbons (Fsp3) is 0.765. The van der Waals surface area contributed by atoms with E-state index in [0.29, 0.717) is 0 Å². The van der Waals surface area contributed by atoms with Crippen molar-refractivity contribution in [1.29, 1.82) is 0 Å². The average molecular weight is 483 g/mol. The Morgan fingerprint density at radius 1 is 1.38 bits per heavy atom. The van der Waals surface area contributed by atoms with Gasteiger partial charge < -0.3 is 10.2 Å². The van der Waals surface area contributed by atoms with Crippen LogP contribution in [0.3, 0.4) is 0 Å². The Labute approximate surface area is 172 Å². The van der Waals surface area contributed by atoms with Crippen LogP contribution in [0.2, 0.25) is 0 Å². The summed E-state index contributed by atoms with van der Waals surface area (Å²) in [6.07, 6.45) is 7.13. The van der Waals surface area contributed by atoms with Gasteiger partial charge in [-0.25, -0.2) is 4.98 Å². The standard InChI is InChI=1S/C17H30N4S2.HI/c1-6-18-16(19-12-17(2,3)22-5)21(4)11-15-20-13-9-7-8-10-14(13)23-15;/h6-12H2,1-5H3,(H,18,19);1H. The minimum absolute atomic E-state index is 0. The molecule has 1 aliphatic carbocycles. The van der Waals surface area contributed by atoms with Crippen LogP contribution in [0.5, 0.6) is 0 Å². The molecule has 1 aliphatic rings. The van der Waals surface area contributed by atoms with Gasteiger partial charge in [-0.15, -0.1) is 35.3 Å². The van der Waals surface area contributed by atoms with Gasteiger partial charge in [-0.2, -0.15) is 11.8 Å². The first kappa shape index (κ1) is 22.0. The number of hydrogen-bond acceptors (Lipinski definition) is 4. The predicted octanol–water partition coefficient (Wildman–Crippen LogP) is 4.18. The minimum atomic E-state index is 0. The van der Waals surface area contributed by atoms with Crippen molar-refractivity contribution in [1.82, 2.24) is 15.2 Å². The van der Waals surface area contributed by atoms with Gasteiger partial charge in [-0.05, 0) is 52.7 Å². The van der Waals surface area contributed by atoms with Gasteiger partial charge >= 0.3 is 0 Å². The van der Waals surface area contributed by atoms with E-state index in [4.69, 9.17) is 9.98 Å². The van der Waals surface area contributed by atoms with Crippen molar-refractivity contribution in [3.05, 3.63) is 15.6 Å². The summed E-state index contributed by atoms with van der Waals surface area (Å²) in [6, 6.07) is 0. The lowest BCUT2D eigenvalue weighted by molar-refractivity contribution is 0.473. The molecule has 1 aromatic heterocycles. The first-order valence-corrected chi connectivity index (χ1v) is 10.5. The van der Waals surface area contributed by atoms with Gasteiger partial charge in [0.15, 0.2) is 5.96 Å². The smallest absolute Gasteiger partial charge is 0.194 e. The van der Waals surface area contributed by atoms with E-state index in [2.05, 4.69) is 44.3 Å². The fourth-order valence-corrected chi connectivity index (χ4v) is 3.95. The molecule has 0 saturated heterocycles. The summed E-state index contributed by atoms with van der Waals surface area (Å²) in [6.45, 7) is 9.13. The van der Waals surface area contributed by atoms with Crippen LogP contribution < -0.4 is 5.32 Å². The molecule has 1 heterocycles. The molecule has 1 N–H and O–H groups in total. The molecular weight excluding hydrogens is 451 g/mol. The van der Waals surface area contributed by atoms with Gasteiger partial charge in [0.25, 0.3) is 0 Å². The number of thioether (sulfide) groups is 1. The summed E-state index contributed by atoms with van der Waals surface area (Å²) in [5, 5.41) is 4.62. The second-order valence-electron chi connectivity index (χ2n) is 6.67. The molecule has 0 amide bonds. The Hall–Kier alpha value is -0.0200. The number of nitrogens with one attached hydrogen (secondary N) is 1. The number of thiazole rings is 1. The van der Waals surface area contributed by atoms with Gasteiger partial charge in [0.2, 0.25) is 0 Å². The molecule has 138 valence electrons. The molecule has 0 fully saturated rings. The molecule has 7 heteroatoms. The first-order chi connectivity index (χ1) is 10.9. The van der Waals surface area contributed by atoms with E-state index >= 15 is 0 Å². The summed E-state index contributed by atoms with van der Waals surface area (Å²) in [7, 11) is 2.11. The molecule has 0 spiro atoms. The summed E-state index contributed by atoms with van der Waals surface area (Å²) < 4.78 is 0.168. The van der Waals surface area contributed by atoms with Crippen LogP contribution in [-0.2, 0) is 19.4 Å². The number of guanidine groups is 1. The number of rotatable bonds is 6. The third-order valence-electron chi connectivity index (χ3n) is 4.12. The number of aliphatic imine (C=N–C) groups is 1. The topological polar surface area (TPSA) is 40.5 Å². The Balaban J connectivity index is 0.00000288. The van der Waals surface area contributed by atoms with Crippen LogP contribution in [-0.4, -0.2) is 47.0 Å². The van der Waals surface area contributed by atoms with E-state index in [1.807, 2.05) is 23.1 Å². The van der Waals surface area contributed by atoms with E-state index in [-0.39, 0.29) is 28.7 Å². The van der Waals surface area contributed by atoms with E-state index in [9.17, 15) is 0 Å². The quantitative estimate of drug-likeness (QED) is 0.375. The lowest BCUT2D eigenvalue weighted by Gasteiger charge is -2.24. The van der Waals surface area contributed by atoms with Gasteiger partial charge in [0.05, 0.1) is 18.8 Å². The highest BCUT2D eigenvalue weighted by molar-refractivity contribution is 14.0. The van der Waals surface area contributed by atoms with Gasteiger partial charge in [0, 0.05) is 23.2 Å². The average Bonchev–Trinajstić information content (AvgIpc) is 2.93. The number of hydrogen-bond donors (Lipinski definition) is 1. The molecular formula is C17H31IN4S2. The summed E-state index contributed by atoms with van der Waals surface area (Å²) in [4.78, 5) is 13.4. The number of halogens is 1. The maximum atomic E-state index is 4.85. The van der Waals surface area contributed by atoms with Crippen molar-refractivity contribution in [3.8, 4) is 0 Å². The largest absolute Gasteiger partial charge is 0.357 e. The van der Waals surface area contributed by atoms with Crippen LogP contribution in [0.1, 0.15) is 49.2 Å². The third kappa shape index (κ3) is 6.37. The Morgan fingerprint density at radius 2 is 2.08 bits per heavy atom. The van der Waals surface area contributed by atoms with Gasteiger partial charge in [-0.3, -0.25) is 4.99 Å². The first-order valence-electron chi connectivity index (χ1n) is 8.47. The molecule has 0 atom stereocenters. The van der Waals surface area contributed by atoms with E-state index < -0.39 is 0 Å². The lowest BCUT2D eigenvalue weighted by atomic mass is 10.0. The Morgan fingerprint density at radius 3 is 2.71 bits per heavy atom. The minimum Gasteiger partial charge on any atom is -0.357 e. The zero-order valence-corrected chi connectivity index (χ0v) is 19.5. The maximum absolute atomic E-state index is 4.85. The molecule has 24 heavy (non-hydrogen) atoms. The third-order valence-corrected chi connectivity index (χ3v) is 6.50. The fourth-order valence-electron chi connectivity index (χ4n) is 2.55. The Bertz CT molecular complexity index is 519. The monoisotopic (exact) mass is 482 g/mol. The normalized spacial score (nSPS) is 14.8. The molecule has 0 radical (unpaired) electrons. The van der Waals surface area contributed by atoms with Crippen molar-refractivity contribution >= 4 is 53.0 Å². The summed E-state index contributed by atoms with van der Waals surface area (Å²) >= 11 is 3.74. The Kier molecular flexibility index (Phi) is 9.37. The van der Waals surface area contributed by atoms with Crippen LogP contribution in [0.15, 0.2) is 4.99 Å². The van der Waals surface area contributed by atoms with E-state index in [1.54, 1.807) is 0 Å². The SMILES string of the molecule is CCNC(=NCC(C)(C)SC)N(C)Cc1nc2c(s1)CCCC2.I. The van der Waals surface area contributed by atoms with E-state index in [1.165, 1.54) is 34.8 Å². The van der Waals surface area contributed by atoms with Crippen molar-refractivity contribution < 1.29 is 0 Å². The molecule has 2 rings (SSSR count). The van der Waals surface area contributed by atoms with Crippen LogP contribution >= 0.6 is 47.1 Å².